The van der Waals surface area contributed by atoms with E-state index in [4.69, 9.17) is 14.2 Å². The van der Waals surface area contributed by atoms with Gasteiger partial charge in [0.15, 0.2) is 0 Å². The predicted octanol–water partition coefficient (Wildman–Crippen LogP) is 2.22. The van der Waals surface area contributed by atoms with Crippen molar-refractivity contribution in [3.8, 4) is 28.4 Å². The molecule has 14 heteroatoms. The number of carbonyl (C=O) groups excluding carboxylic acids is 4. The second kappa shape index (κ2) is 14.0. The number of hydrogen-bond acceptors (Lipinski definition) is 11. The highest BCUT2D eigenvalue weighted by molar-refractivity contribution is 6.23. The van der Waals surface area contributed by atoms with Crippen molar-refractivity contribution in [2.45, 2.75) is 25.4 Å². The quantitative estimate of drug-likeness (QED) is 0.243. The number of piperidine rings is 1. The number of amides is 4. The molecule has 0 bridgehead atoms. The second-order valence-electron chi connectivity index (χ2n) is 12.9. The number of hydrogen-bond donors (Lipinski definition) is 1. The van der Waals surface area contributed by atoms with E-state index in [2.05, 4.69) is 20.1 Å². The van der Waals surface area contributed by atoms with E-state index in [0.29, 0.717) is 42.3 Å². The number of pyridine rings is 2. The van der Waals surface area contributed by atoms with Crippen LogP contribution in [0.2, 0.25) is 0 Å². The molecule has 3 aliphatic rings. The largest absolute Gasteiger partial charge is 0.496 e. The van der Waals surface area contributed by atoms with Crippen LogP contribution in [0.5, 0.6) is 17.2 Å². The maximum Gasteiger partial charge on any atom is 0.262 e. The Balaban J connectivity index is 0.958. The highest BCUT2D eigenvalue weighted by Gasteiger charge is 2.44. The third-order valence-electron chi connectivity index (χ3n) is 9.84. The molecule has 2 fully saturated rings. The first-order valence-electron chi connectivity index (χ1n) is 16.8. The molecule has 3 aliphatic heterocycles. The molecule has 0 spiro atoms. The van der Waals surface area contributed by atoms with Crippen molar-refractivity contribution in [3.63, 3.8) is 0 Å². The molecule has 0 saturated carbocycles. The summed E-state index contributed by atoms with van der Waals surface area (Å²) in [5.74, 6) is -0.301. The molecule has 14 nitrogen and oxygen atoms in total. The van der Waals surface area contributed by atoms with Gasteiger partial charge in [0.05, 0.1) is 36.3 Å². The van der Waals surface area contributed by atoms with Crippen LogP contribution in [0.3, 0.4) is 0 Å². The van der Waals surface area contributed by atoms with Crippen molar-refractivity contribution in [2.24, 2.45) is 7.05 Å². The van der Waals surface area contributed by atoms with E-state index in [-0.39, 0.29) is 29.5 Å². The molecule has 264 valence electrons. The Kier molecular flexibility index (Phi) is 9.27. The SMILES string of the molecule is COc1cc(-c2cn(C)c(=O)c3cnccc23)cc(OC)c1CN1CCN(CCOc2ccc3c(c2)C(=O)N(C2CCC(=O)NC2=O)C3=O)CC1. The molecule has 5 heterocycles. The van der Waals surface area contributed by atoms with Crippen molar-refractivity contribution in [1.29, 1.82) is 0 Å². The summed E-state index contributed by atoms with van der Waals surface area (Å²) in [6, 6.07) is 9.55. The number of nitrogens with zero attached hydrogens (tertiary/aromatic N) is 5. The lowest BCUT2D eigenvalue weighted by Crippen LogP contribution is -2.54. The van der Waals surface area contributed by atoms with E-state index in [1.165, 1.54) is 0 Å². The topological polar surface area (TPSA) is 153 Å². The Morgan fingerprint density at radius 2 is 1.55 bits per heavy atom. The van der Waals surface area contributed by atoms with Crippen molar-refractivity contribution in [3.05, 3.63) is 82.0 Å². The smallest absolute Gasteiger partial charge is 0.262 e. The Labute approximate surface area is 293 Å². The van der Waals surface area contributed by atoms with Gasteiger partial charge in [-0.3, -0.25) is 49.0 Å². The molecule has 4 amide bonds. The summed E-state index contributed by atoms with van der Waals surface area (Å²) in [6.45, 7) is 4.97. The van der Waals surface area contributed by atoms with Gasteiger partial charge in [-0.15, -0.1) is 0 Å². The zero-order valence-electron chi connectivity index (χ0n) is 28.6. The van der Waals surface area contributed by atoms with Gasteiger partial charge in [-0.05, 0) is 53.8 Å². The fourth-order valence-electron chi connectivity index (χ4n) is 7.06. The van der Waals surface area contributed by atoms with E-state index < -0.39 is 29.7 Å². The highest BCUT2D eigenvalue weighted by atomic mass is 16.5. The van der Waals surface area contributed by atoms with Crippen LogP contribution in [0.1, 0.15) is 39.1 Å². The number of fused-ring (bicyclic) bond motifs is 2. The van der Waals surface area contributed by atoms with Crippen LogP contribution in [0.25, 0.3) is 21.9 Å². The van der Waals surface area contributed by atoms with Gasteiger partial charge in [0.2, 0.25) is 11.8 Å². The summed E-state index contributed by atoms with van der Waals surface area (Å²) in [5.41, 5.74) is 2.99. The van der Waals surface area contributed by atoms with E-state index in [9.17, 15) is 24.0 Å². The predicted molar refractivity (Wildman–Crippen MR) is 186 cm³/mol. The zero-order valence-corrected chi connectivity index (χ0v) is 28.6. The Morgan fingerprint density at radius 1 is 0.843 bits per heavy atom. The number of aromatic nitrogens is 2. The van der Waals surface area contributed by atoms with E-state index in [0.717, 1.165) is 53.2 Å². The van der Waals surface area contributed by atoms with Gasteiger partial charge in [0.1, 0.15) is 29.9 Å². The van der Waals surface area contributed by atoms with Crippen LogP contribution in [-0.4, -0.2) is 107 Å². The highest BCUT2D eigenvalue weighted by Crippen LogP contribution is 2.38. The fraction of sp³-hybridized carbons (Fsp3) is 0.351. The summed E-state index contributed by atoms with van der Waals surface area (Å²) < 4.78 is 19.3. The number of imide groups is 2. The Bertz CT molecular complexity index is 2100. The van der Waals surface area contributed by atoms with Crippen LogP contribution in [0.15, 0.2) is 59.8 Å². The van der Waals surface area contributed by atoms with Gasteiger partial charge in [-0.2, -0.15) is 0 Å². The minimum Gasteiger partial charge on any atom is -0.496 e. The van der Waals surface area contributed by atoms with Gasteiger partial charge in [-0.25, -0.2) is 0 Å². The lowest BCUT2D eigenvalue weighted by Gasteiger charge is -2.35. The average Bonchev–Trinajstić information content (AvgIpc) is 3.38. The Hall–Kier alpha value is -5.60. The summed E-state index contributed by atoms with van der Waals surface area (Å²) in [7, 11) is 5.02. The van der Waals surface area contributed by atoms with Gasteiger partial charge in [0.25, 0.3) is 17.4 Å². The minimum absolute atomic E-state index is 0.0672. The number of benzene rings is 2. The third-order valence-corrected chi connectivity index (χ3v) is 9.84. The molecule has 0 radical (unpaired) electrons. The number of nitrogens with one attached hydrogen (secondary N) is 1. The van der Waals surface area contributed by atoms with Gasteiger partial charge in [-0.1, -0.05) is 0 Å². The first-order valence-corrected chi connectivity index (χ1v) is 16.8. The molecule has 51 heavy (non-hydrogen) atoms. The molecule has 1 N–H and O–H groups in total. The van der Waals surface area contributed by atoms with E-state index in [1.54, 1.807) is 56.4 Å². The maximum atomic E-state index is 13.1. The normalized spacial score (nSPS) is 18.3. The number of carbonyl (C=O) groups is 4. The first kappa shape index (κ1) is 33.9. The molecular formula is C37H38N6O8. The molecule has 2 saturated heterocycles. The molecule has 1 atom stereocenters. The van der Waals surface area contributed by atoms with Crippen LogP contribution in [-0.2, 0) is 23.2 Å². The van der Waals surface area contributed by atoms with Crippen LogP contribution >= 0.6 is 0 Å². The lowest BCUT2D eigenvalue weighted by atomic mass is 9.99. The summed E-state index contributed by atoms with van der Waals surface area (Å²) in [5, 5.41) is 3.56. The number of aryl methyl sites for hydroxylation is 1. The molecular weight excluding hydrogens is 656 g/mol. The minimum atomic E-state index is -1.01. The number of rotatable bonds is 10. The van der Waals surface area contributed by atoms with Crippen molar-refractivity contribution >= 4 is 34.4 Å². The van der Waals surface area contributed by atoms with Crippen LogP contribution < -0.4 is 25.1 Å². The van der Waals surface area contributed by atoms with E-state index >= 15 is 0 Å². The molecule has 2 aromatic heterocycles. The second-order valence-corrected chi connectivity index (χ2v) is 12.9. The number of methoxy groups -OCH3 is 2. The zero-order chi connectivity index (χ0) is 35.8. The summed E-state index contributed by atoms with van der Waals surface area (Å²) in [4.78, 5) is 72.5. The monoisotopic (exact) mass is 694 g/mol. The van der Waals surface area contributed by atoms with Crippen LogP contribution in [0, 0.1) is 0 Å². The van der Waals surface area contributed by atoms with Crippen molar-refractivity contribution in [1.82, 2.24) is 29.6 Å². The molecule has 4 aromatic rings. The maximum absolute atomic E-state index is 13.1. The summed E-state index contributed by atoms with van der Waals surface area (Å²) in [6.07, 6.45) is 5.27. The van der Waals surface area contributed by atoms with Crippen LogP contribution in [0.4, 0.5) is 0 Å². The first-order chi connectivity index (χ1) is 24.7. The van der Waals surface area contributed by atoms with Gasteiger partial charge in [0, 0.05) is 76.9 Å². The standard InChI is InChI=1S/C37H38N6O8/c1-40-20-28(24-8-9-38-19-27(24)35(40)46)22-16-31(49-2)29(32(17-22)50-3)21-42-12-10-41(11-13-42)14-15-51-23-4-5-25-26(18-23)37(48)43(36(25)47)30-6-7-33(44)39-34(30)45/h4-5,8-9,16-20,30H,6-7,10-15,21H2,1-3H3,(H,39,44,45). The Morgan fingerprint density at radius 3 is 2.25 bits per heavy atom. The number of piperazine rings is 1. The van der Waals surface area contributed by atoms with Crippen molar-refractivity contribution < 1.29 is 33.4 Å². The fourth-order valence-corrected chi connectivity index (χ4v) is 7.06. The molecule has 2 aromatic carbocycles. The number of ether oxygens (including phenoxy) is 3. The molecule has 0 aliphatic carbocycles. The van der Waals surface area contributed by atoms with E-state index in [1.807, 2.05) is 24.4 Å². The van der Waals surface area contributed by atoms with Gasteiger partial charge >= 0.3 is 0 Å². The molecule has 1 unspecified atom stereocenters. The molecule has 7 rings (SSSR count). The third kappa shape index (κ3) is 6.43. The van der Waals surface area contributed by atoms with Crippen molar-refractivity contribution in [2.75, 3.05) is 53.6 Å². The lowest BCUT2D eigenvalue weighted by molar-refractivity contribution is -0.136. The average molecular weight is 695 g/mol. The summed E-state index contributed by atoms with van der Waals surface area (Å²) >= 11 is 0. The van der Waals surface area contributed by atoms with Gasteiger partial charge < -0.3 is 18.8 Å².